The van der Waals surface area contributed by atoms with Crippen LogP contribution in [0.1, 0.15) is 16.0 Å². The summed E-state index contributed by atoms with van der Waals surface area (Å²) in [4.78, 5) is 0.872. The first-order valence-corrected chi connectivity index (χ1v) is 14.8. The number of hydrogen-bond donors (Lipinski definition) is 1. The SMILES string of the molecule is O=S(=O)(NCc1ccccc1)c1ccc(S(=O)(=O)N(Cc2cccs2)Cc2ccccc2Cl)cc1. The Labute approximate surface area is 214 Å². The van der Waals surface area contributed by atoms with Crippen LogP contribution in [0.2, 0.25) is 5.02 Å². The van der Waals surface area contributed by atoms with E-state index in [2.05, 4.69) is 4.72 Å². The number of thiophene rings is 1. The van der Waals surface area contributed by atoms with Crippen LogP contribution in [0.3, 0.4) is 0 Å². The number of hydrogen-bond acceptors (Lipinski definition) is 5. The first-order valence-electron chi connectivity index (χ1n) is 10.7. The minimum atomic E-state index is -3.94. The summed E-state index contributed by atoms with van der Waals surface area (Å²) in [5.74, 6) is 0. The Kier molecular flexibility index (Phi) is 8.05. The molecule has 6 nitrogen and oxygen atoms in total. The fourth-order valence-corrected chi connectivity index (χ4v) is 6.83. The topological polar surface area (TPSA) is 83.5 Å². The maximum Gasteiger partial charge on any atom is 0.243 e. The molecule has 182 valence electrons. The van der Waals surface area contributed by atoms with Crippen LogP contribution in [-0.4, -0.2) is 21.1 Å². The Morgan fingerprint density at radius 1 is 0.743 bits per heavy atom. The molecule has 0 saturated heterocycles. The molecule has 4 aromatic rings. The Morgan fingerprint density at radius 2 is 1.40 bits per heavy atom. The average molecular weight is 547 g/mol. The first-order chi connectivity index (χ1) is 16.8. The normalized spacial score (nSPS) is 12.2. The highest BCUT2D eigenvalue weighted by Gasteiger charge is 2.27. The summed E-state index contributed by atoms with van der Waals surface area (Å²) in [6, 6.07) is 25.2. The van der Waals surface area contributed by atoms with Crippen LogP contribution in [0.25, 0.3) is 0 Å². The number of sulfonamides is 2. The van der Waals surface area contributed by atoms with Crippen LogP contribution >= 0.6 is 22.9 Å². The van der Waals surface area contributed by atoms with E-state index in [0.29, 0.717) is 10.6 Å². The van der Waals surface area contributed by atoms with E-state index in [1.165, 1.54) is 39.9 Å². The van der Waals surface area contributed by atoms with E-state index in [9.17, 15) is 16.8 Å². The first kappa shape index (κ1) is 25.6. The smallest absolute Gasteiger partial charge is 0.207 e. The monoisotopic (exact) mass is 546 g/mol. The lowest BCUT2D eigenvalue weighted by Crippen LogP contribution is -2.30. The fraction of sp³-hybridized carbons (Fsp3) is 0.120. The van der Waals surface area contributed by atoms with Crippen molar-refractivity contribution in [3.63, 3.8) is 0 Å². The molecule has 35 heavy (non-hydrogen) atoms. The maximum absolute atomic E-state index is 13.6. The molecule has 4 rings (SSSR count). The molecule has 0 atom stereocenters. The second-order valence-corrected chi connectivity index (χ2v) is 12.9. The van der Waals surface area contributed by atoms with Crippen LogP contribution in [-0.2, 0) is 39.7 Å². The molecule has 0 saturated carbocycles. The number of halogens is 1. The molecule has 0 unspecified atom stereocenters. The van der Waals surface area contributed by atoms with E-state index < -0.39 is 20.0 Å². The van der Waals surface area contributed by atoms with E-state index in [-0.39, 0.29) is 29.4 Å². The van der Waals surface area contributed by atoms with E-state index >= 15 is 0 Å². The second kappa shape index (κ2) is 11.0. The van der Waals surface area contributed by atoms with Gasteiger partial charge in [0.2, 0.25) is 20.0 Å². The molecule has 3 aromatic carbocycles. The number of benzene rings is 3. The molecule has 10 heteroatoms. The quantitative estimate of drug-likeness (QED) is 0.294. The van der Waals surface area contributed by atoms with Gasteiger partial charge in [-0.25, -0.2) is 21.6 Å². The van der Waals surface area contributed by atoms with Crippen LogP contribution in [0.4, 0.5) is 0 Å². The molecule has 0 spiro atoms. The van der Waals surface area contributed by atoms with Gasteiger partial charge < -0.3 is 0 Å². The molecular weight excluding hydrogens is 524 g/mol. The maximum atomic E-state index is 13.6. The van der Waals surface area contributed by atoms with Gasteiger partial charge in [0.15, 0.2) is 0 Å². The summed E-state index contributed by atoms with van der Waals surface area (Å²) in [5.41, 5.74) is 1.50. The van der Waals surface area contributed by atoms with E-state index in [4.69, 9.17) is 11.6 Å². The summed E-state index contributed by atoms with van der Waals surface area (Å²) in [7, 11) is -7.75. The molecule has 0 aliphatic rings. The van der Waals surface area contributed by atoms with Crippen molar-refractivity contribution >= 4 is 43.0 Å². The van der Waals surface area contributed by atoms with Crippen molar-refractivity contribution in [3.05, 3.63) is 117 Å². The van der Waals surface area contributed by atoms with Crippen molar-refractivity contribution in [1.82, 2.24) is 9.03 Å². The van der Waals surface area contributed by atoms with Gasteiger partial charge in [-0.15, -0.1) is 11.3 Å². The zero-order valence-corrected chi connectivity index (χ0v) is 21.7. The zero-order valence-electron chi connectivity index (χ0n) is 18.5. The van der Waals surface area contributed by atoms with Crippen molar-refractivity contribution in [2.24, 2.45) is 0 Å². The molecule has 0 bridgehead atoms. The van der Waals surface area contributed by atoms with Crippen molar-refractivity contribution in [2.45, 2.75) is 29.4 Å². The fourth-order valence-electron chi connectivity index (χ4n) is 3.42. The third-order valence-electron chi connectivity index (χ3n) is 5.30. The highest BCUT2D eigenvalue weighted by atomic mass is 35.5. The Bertz CT molecular complexity index is 1470. The summed E-state index contributed by atoms with van der Waals surface area (Å²) < 4.78 is 56.4. The van der Waals surface area contributed by atoms with Crippen LogP contribution in [0.5, 0.6) is 0 Å². The van der Waals surface area contributed by atoms with Gasteiger partial charge in [0.1, 0.15) is 0 Å². The highest BCUT2D eigenvalue weighted by Crippen LogP contribution is 2.26. The summed E-state index contributed by atoms with van der Waals surface area (Å²) in [5, 5.41) is 2.36. The molecule has 0 aliphatic heterocycles. The zero-order chi connectivity index (χ0) is 24.9. The number of rotatable bonds is 10. The van der Waals surface area contributed by atoms with Crippen molar-refractivity contribution in [3.8, 4) is 0 Å². The van der Waals surface area contributed by atoms with Gasteiger partial charge in [-0.2, -0.15) is 4.31 Å². The van der Waals surface area contributed by atoms with Crippen LogP contribution in [0.15, 0.2) is 106 Å². The minimum Gasteiger partial charge on any atom is -0.207 e. The summed E-state index contributed by atoms with van der Waals surface area (Å²) >= 11 is 7.76. The van der Waals surface area contributed by atoms with E-state index in [1.54, 1.807) is 24.3 Å². The lowest BCUT2D eigenvalue weighted by atomic mass is 10.2. The van der Waals surface area contributed by atoms with Crippen LogP contribution < -0.4 is 4.72 Å². The standard InChI is InChI=1S/C25H23ClN2O4S3/c26-25-11-5-4-9-21(25)18-28(19-22-10-6-16-33-22)35(31,32)24-14-12-23(13-15-24)34(29,30)27-17-20-7-2-1-3-8-20/h1-16,27H,17-19H2. The molecule has 1 N–H and O–H groups in total. The third-order valence-corrected chi connectivity index (χ3v) is 9.75. The molecule has 0 fully saturated rings. The second-order valence-electron chi connectivity index (χ2n) is 7.73. The lowest BCUT2D eigenvalue weighted by Gasteiger charge is -2.22. The Hall–Kier alpha value is -2.53. The lowest BCUT2D eigenvalue weighted by molar-refractivity contribution is 0.404. The molecule has 0 amide bonds. The minimum absolute atomic E-state index is 0.00289. The van der Waals surface area contributed by atoms with Crippen molar-refractivity contribution in [2.75, 3.05) is 0 Å². The molecule has 1 heterocycles. The van der Waals surface area contributed by atoms with Gasteiger partial charge in [0.05, 0.1) is 9.79 Å². The molecular formula is C25H23ClN2O4S3. The Morgan fingerprint density at radius 3 is 2.06 bits per heavy atom. The number of nitrogens with zero attached hydrogens (tertiary/aromatic N) is 1. The molecule has 0 aliphatic carbocycles. The third kappa shape index (κ3) is 6.38. The number of nitrogens with one attached hydrogen (secondary N) is 1. The molecule has 1 aromatic heterocycles. The summed E-state index contributed by atoms with van der Waals surface area (Å²) in [6.45, 7) is 0.387. The van der Waals surface area contributed by atoms with Gasteiger partial charge in [0, 0.05) is 29.5 Å². The van der Waals surface area contributed by atoms with E-state index in [0.717, 1.165) is 10.4 Å². The van der Waals surface area contributed by atoms with Gasteiger partial charge in [-0.05, 0) is 52.9 Å². The van der Waals surface area contributed by atoms with Gasteiger partial charge in [0.25, 0.3) is 0 Å². The predicted octanol–water partition coefficient (Wildman–Crippen LogP) is 5.27. The van der Waals surface area contributed by atoms with Crippen molar-refractivity contribution in [1.29, 1.82) is 0 Å². The van der Waals surface area contributed by atoms with Crippen LogP contribution in [0, 0.1) is 0 Å². The van der Waals surface area contributed by atoms with Gasteiger partial charge in [-0.3, -0.25) is 0 Å². The average Bonchev–Trinajstić information content (AvgIpc) is 3.38. The molecule has 0 radical (unpaired) electrons. The largest absolute Gasteiger partial charge is 0.243 e. The highest BCUT2D eigenvalue weighted by molar-refractivity contribution is 7.89. The van der Waals surface area contributed by atoms with Crippen molar-refractivity contribution < 1.29 is 16.8 Å². The predicted molar refractivity (Wildman–Crippen MR) is 139 cm³/mol. The Balaban J connectivity index is 1.57. The van der Waals surface area contributed by atoms with Gasteiger partial charge >= 0.3 is 0 Å². The van der Waals surface area contributed by atoms with Gasteiger partial charge in [-0.1, -0.05) is 66.2 Å². The van der Waals surface area contributed by atoms with E-state index in [1.807, 2.05) is 47.8 Å². The summed E-state index contributed by atoms with van der Waals surface area (Å²) in [6.07, 6.45) is 0.